The standard InChI is InChI=1S/C11H19NO3/c1-6(7(2)13)12-8-3-4-10(12)9(5-8)11(14)15/h6-10,13H,3-5H2,1-2H3,(H,14,15). The molecule has 5 unspecified atom stereocenters. The molecule has 0 aromatic heterocycles. The molecule has 86 valence electrons. The van der Waals surface area contributed by atoms with Gasteiger partial charge >= 0.3 is 5.97 Å². The second-order valence-corrected chi connectivity index (χ2v) is 4.91. The zero-order valence-electron chi connectivity index (χ0n) is 9.26. The third-order valence-corrected chi connectivity index (χ3v) is 4.08. The van der Waals surface area contributed by atoms with Crippen LogP contribution in [-0.2, 0) is 4.79 Å². The molecule has 0 amide bonds. The zero-order valence-corrected chi connectivity index (χ0v) is 9.26. The Morgan fingerprint density at radius 2 is 2.07 bits per heavy atom. The summed E-state index contributed by atoms with van der Waals surface area (Å²) in [5.74, 6) is -0.894. The van der Waals surface area contributed by atoms with Crippen molar-refractivity contribution in [3.63, 3.8) is 0 Å². The van der Waals surface area contributed by atoms with Crippen LogP contribution in [0.2, 0.25) is 0 Å². The molecule has 2 bridgehead atoms. The van der Waals surface area contributed by atoms with E-state index in [4.69, 9.17) is 5.11 Å². The van der Waals surface area contributed by atoms with Gasteiger partial charge in [0.25, 0.3) is 0 Å². The first kappa shape index (κ1) is 10.9. The highest BCUT2D eigenvalue weighted by atomic mass is 16.4. The van der Waals surface area contributed by atoms with E-state index in [1.54, 1.807) is 6.92 Å². The second-order valence-electron chi connectivity index (χ2n) is 4.91. The third-order valence-electron chi connectivity index (χ3n) is 4.08. The fraction of sp³-hybridized carbons (Fsp3) is 0.909. The molecule has 0 spiro atoms. The maximum absolute atomic E-state index is 11.0. The van der Waals surface area contributed by atoms with Crippen LogP contribution in [-0.4, -0.2) is 45.3 Å². The van der Waals surface area contributed by atoms with Crippen molar-refractivity contribution in [2.24, 2.45) is 5.92 Å². The van der Waals surface area contributed by atoms with E-state index >= 15 is 0 Å². The van der Waals surface area contributed by atoms with Crippen LogP contribution in [0, 0.1) is 5.92 Å². The molecule has 2 N–H and O–H groups in total. The number of aliphatic hydroxyl groups is 1. The van der Waals surface area contributed by atoms with E-state index in [-0.39, 0.29) is 24.1 Å². The number of aliphatic carboxylic acids is 1. The molecular weight excluding hydrogens is 194 g/mol. The van der Waals surface area contributed by atoms with Gasteiger partial charge in [-0.25, -0.2) is 0 Å². The Morgan fingerprint density at radius 1 is 1.40 bits per heavy atom. The topological polar surface area (TPSA) is 60.8 Å². The number of carbonyl (C=O) groups is 1. The lowest BCUT2D eigenvalue weighted by atomic mass is 9.89. The minimum absolute atomic E-state index is 0.0758. The van der Waals surface area contributed by atoms with Gasteiger partial charge in [0, 0.05) is 18.1 Å². The van der Waals surface area contributed by atoms with Crippen LogP contribution >= 0.6 is 0 Å². The maximum Gasteiger partial charge on any atom is 0.308 e. The van der Waals surface area contributed by atoms with Crippen molar-refractivity contribution in [3.05, 3.63) is 0 Å². The summed E-state index contributed by atoms with van der Waals surface area (Å²) >= 11 is 0. The molecule has 2 heterocycles. The lowest BCUT2D eigenvalue weighted by Gasteiger charge is -2.31. The van der Waals surface area contributed by atoms with E-state index in [9.17, 15) is 9.90 Å². The van der Waals surface area contributed by atoms with Crippen LogP contribution < -0.4 is 0 Å². The zero-order chi connectivity index (χ0) is 11.2. The predicted octanol–water partition coefficient (Wildman–Crippen LogP) is 0.693. The molecule has 4 nitrogen and oxygen atoms in total. The normalized spacial score (nSPS) is 39.3. The van der Waals surface area contributed by atoms with Gasteiger partial charge in [-0.15, -0.1) is 0 Å². The van der Waals surface area contributed by atoms with Crippen molar-refractivity contribution in [2.45, 2.75) is 57.3 Å². The van der Waals surface area contributed by atoms with Gasteiger partial charge in [-0.2, -0.15) is 0 Å². The smallest absolute Gasteiger partial charge is 0.308 e. The Morgan fingerprint density at radius 3 is 2.53 bits per heavy atom. The summed E-state index contributed by atoms with van der Waals surface area (Å²) in [6.07, 6.45) is 2.43. The van der Waals surface area contributed by atoms with Crippen molar-refractivity contribution < 1.29 is 15.0 Å². The minimum atomic E-state index is -0.676. The van der Waals surface area contributed by atoms with Crippen molar-refractivity contribution in [1.82, 2.24) is 4.90 Å². The Balaban J connectivity index is 2.13. The summed E-state index contributed by atoms with van der Waals surface area (Å²) < 4.78 is 0. The molecular formula is C11H19NO3. The molecule has 0 aliphatic carbocycles. The van der Waals surface area contributed by atoms with Gasteiger partial charge in [0.1, 0.15) is 0 Å². The Bertz CT molecular complexity index is 267. The van der Waals surface area contributed by atoms with Crippen molar-refractivity contribution >= 4 is 5.97 Å². The fourth-order valence-electron chi connectivity index (χ4n) is 3.18. The van der Waals surface area contributed by atoms with Gasteiger partial charge in [-0.3, -0.25) is 9.69 Å². The Hall–Kier alpha value is -0.610. The van der Waals surface area contributed by atoms with Gasteiger partial charge in [-0.05, 0) is 33.1 Å². The average Bonchev–Trinajstić information content (AvgIpc) is 2.72. The largest absolute Gasteiger partial charge is 0.481 e. The molecule has 2 saturated heterocycles. The molecule has 0 aromatic rings. The van der Waals surface area contributed by atoms with Gasteiger partial charge in [-0.1, -0.05) is 0 Å². The number of hydrogen-bond donors (Lipinski definition) is 2. The lowest BCUT2D eigenvalue weighted by Crippen LogP contribution is -2.44. The fourth-order valence-corrected chi connectivity index (χ4v) is 3.18. The number of rotatable bonds is 3. The highest BCUT2D eigenvalue weighted by Crippen LogP contribution is 2.43. The third kappa shape index (κ3) is 1.66. The molecule has 2 aliphatic heterocycles. The molecule has 2 aliphatic rings. The summed E-state index contributed by atoms with van der Waals surface area (Å²) in [5.41, 5.74) is 0. The predicted molar refractivity (Wildman–Crippen MR) is 55.5 cm³/mol. The van der Waals surface area contributed by atoms with Crippen LogP contribution in [0.5, 0.6) is 0 Å². The maximum atomic E-state index is 11.0. The SMILES string of the molecule is CC(O)C(C)N1C2CCC1C(C(=O)O)C2. The number of fused-ring (bicyclic) bond motifs is 2. The summed E-state index contributed by atoms with van der Waals surface area (Å²) in [7, 11) is 0. The number of aliphatic hydroxyl groups excluding tert-OH is 1. The molecule has 2 rings (SSSR count). The number of hydrogen-bond acceptors (Lipinski definition) is 3. The van der Waals surface area contributed by atoms with Crippen LogP contribution in [0.25, 0.3) is 0 Å². The van der Waals surface area contributed by atoms with Crippen molar-refractivity contribution in [3.8, 4) is 0 Å². The molecule has 5 atom stereocenters. The van der Waals surface area contributed by atoms with Crippen LogP contribution in [0.15, 0.2) is 0 Å². The average molecular weight is 213 g/mol. The van der Waals surface area contributed by atoms with Crippen LogP contribution in [0.1, 0.15) is 33.1 Å². The first-order chi connectivity index (χ1) is 7.02. The summed E-state index contributed by atoms with van der Waals surface area (Å²) in [4.78, 5) is 13.3. The molecule has 0 aromatic carbocycles. The molecule has 2 fully saturated rings. The van der Waals surface area contributed by atoms with E-state index in [0.29, 0.717) is 6.04 Å². The number of nitrogens with zero attached hydrogens (tertiary/aromatic N) is 1. The minimum Gasteiger partial charge on any atom is -0.481 e. The van der Waals surface area contributed by atoms with E-state index in [1.165, 1.54) is 0 Å². The molecule has 4 heteroatoms. The van der Waals surface area contributed by atoms with Gasteiger partial charge in [0.05, 0.1) is 12.0 Å². The summed E-state index contributed by atoms with van der Waals surface area (Å²) in [5, 5.41) is 18.7. The first-order valence-corrected chi connectivity index (χ1v) is 5.70. The molecule has 0 radical (unpaired) electrons. The lowest BCUT2D eigenvalue weighted by molar-refractivity contribution is -0.142. The van der Waals surface area contributed by atoms with Gasteiger partial charge in [0.15, 0.2) is 0 Å². The number of carboxylic acids is 1. The van der Waals surface area contributed by atoms with E-state index < -0.39 is 5.97 Å². The highest BCUT2D eigenvalue weighted by Gasteiger charge is 2.51. The van der Waals surface area contributed by atoms with E-state index in [1.807, 2.05) is 6.92 Å². The molecule has 0 saturated carbocycles. The molecule has 15 heavy (non-hydrogen) atoms. The van der Waals surface area contributed by atoms with E-state index in [2.05, 4.69) is 4.90 Å². The van der Waals surface area contributed by atoms with Crippen LogP contribution in [0.4, 0.5) is 0 Å². The van der Waals surface area contributed by atoms with E-state index in [0.717, 1.165) is 19.3 Å². The number of carboxylic acid groups (broad SMARTS) is 1. The first-order valence-electron chi connectivity index (χ1n) is 5.70. The van der Waals surface area contributed by atoms with Gasteiger partial charge < -0.3 is 10.2 Å². The highest BCUT2D eigenvalue weighted by molar-refractivity contribution is 5.71. The Kier molecular flexibility index (Phi) is 2.73. The second kappa shape index (κ2) is 3.76. The summed E-state index contributed by atoms with van der Waals surface area (Å²) in [6.45, 7) is 3.76. The Labute approximate surface area is 89.9 Å². The van der Waals surface area contributed by atoms with Gasteiger partial charge in [0.2, 0.25) is 0 Å². The van der Waals surface area contributed by atoms with Crippen molar-refractivity contribution in [1.29, 1.82) is 0 Å². The summed E-state index contributed by atoms with van der Waals surface area (Å²) in [6, 6.07) is 0.602. The van der Waals surface area contributed by atoms with Crippen LogP contribution in [0.3, 0.4) is 0 Å². The van der Waals surface area contributed by atoms with Crippen molar-refractivity contribution in [2.75, 3.05) is 0 Å². The quantitative estimate of drug-likeness (QED) is 0.724. The monoisotopic (exact) mass is 213 g/mol.